The van der Waals surface area contributed by atoms with Crippen molar-refractivity contribution >= 4 is 27.0 Å². The Morgan fingerprint density at radius 1 is 1.05 bits per heavy atom. The van der Waals surface area contributed by atoms with E-state index in [4.69, 9.17) is 11.6 Å². The summed E-state index contributed by atoms with van der Waals surface area (Å²) in [5.41, 5.74) is 5.61. The van der Waals surface area contributed by atoms with E-state index in [9.17, 15) is 13.4 Å². The number of aromatic nitrogens is 3. The molecule has 1 aliphatic carbocycles. The molecule has 0 spiro atoms. The summed E-state index contributed by atoms with van der Waals surface area (Å²) >= 11 is 6.67. The molecular weight excluding hydrogens is 511 g/mol. The van der Waals surface area contributed by atoms with Crippen LogP contribution in [0.15, 0.2) is 70.2 Å². The average molecular weight is 537 g/mol. The lowest BCUT2D eigenvalue weighted by Gasteiger charge is -2.16. The van der Waals surface area contributed by atoms with Gasteiger partial charge in [-0.3, -0.25) is 19.3 Å². The number of hydrogen-bond acceptors (Lipinski definition) is 5. The van der Waals surface area contributed by atoms with Crippen LogP contribution in [0.25, 0.3) is 16.9 Å². The molecule has 1 fully saturated rings. The zero-order valence-corrected chi connectivity index (χ0v) is 22.5. The van der Waals surface area contributed by atoms with Gasteiger partial charge in [-0.1, -0.05) is 23.7 Å². The number of aryl methyl sites for hydroxylation is 2. The Balaban J connectivity index is 1.53. The predicted octanol–water partition coefficient (Wildman–Crippen LogP) is 6.33. The average Bonchev–Trinajstić information content (AvgIpc) is 3.63. The van der Waals surface area contributed by atoms with Gasteiger partial charge >= 0.3 is 0 Å². The largest absolute Gasteiger partial charge is 0.280 e. The molecule has 9 heteroatoms. The van der Waals surface area contributed by atoms with E-state index in [1.807, 2.05) is 26.0 Å². The monoisotopic (exact) mass is 536 g/mol. The quantitative estimate of drug-likeness (QED) is 0.298. The molecule has 37 heavy (non-hydrogen) atoms. The first kappa shape index (κ1) is 25.3. The third kappa shape index (κ3) is 5.22. The summed E-state index contributed by atoms with van der Waals surface area (Å²) < 4.78 is 31.3. The number of rotatable bonds is 5. The van der Waals surface area contributed by atoms with Crippen LogP contribution in [0.2, 0.25) is 5.02 Å². The molecule has 1 aromatic carbocycles. The van der Waals surface area contributed by atoms with E-state index in [1.54, 1.807) is 53.9 Å². The highest BCUT2D eigenvalue weighted by Crippen LogP contribution is 2.55. The van der Waals surface area contributed by atoms with E-state index >= 15 is 0 Å². The molecule has 0 radical (unpaired) electrons. The lowest BCUT2D eigenvalue weighted by Crippen LogP contribution is -2.23. The fourth-order valence-electron chi connectivity index (χ4n) is 4.70. The van der Waals surface area contributed by atoms with Crippen molar-refractivity contribution < 1.29 is 8.60 Å². The molecule has 1 aliphatic rings. The third-order valence-corrected chi connectivity index (χ3v) is 7.54. The lowest BCUT2D eigenvalue weighted by molar-refractivity contribution is 0.627. The molecule has 0 aliphatic heterocycles. The van der Waals surface area contributed by atoms with Crippen molar-refractivity contribution in [2.75, 3.05) is 12.5 Å². The highest BCUT2D eigenvalue weighted by atomic mass is 35.5. The molecule has 5 rings (SSSR count). The molecule has 1 saturated carbocycles. The minimum absolute atomic E-state index is 0.123. The van der Waals surface area contributed by atoms with Crippen molar-refractivity contribution in [1.82, 2.24) is 14.5 Å². The van der Waals surface area contributed by atoms with Crippen molar-refractivity contribution in [3.05, 3.63) is 105 Å². The van der Waals surface area contributed by atoms with E-state index in [2.05, 4.69) is 14.3 Å². The Morgan fingerprint density at radius 3 is 2.49 bits per heavy atom. The molecule has 0 amide bonds. The molecular formula is C28H26ClFN4O2S. The molecule has 3 heterocycles. The highest BCUT2D eigenvalue weighted by molar-refractivity contribution is 7.92. The van der Waals surface area contributed by atoms with Crippen LogP contribution >= 0.6 is 11.6 Å². The van der Waals surface area contributed by atoms with Gasteiger partial charge in [0.25, 0.3) is 5.56 Å². The summed E-state index contributed by atoms with van der Waals surface area (Å²) in [7, 11) is -2.34. The first-order valence-corrected chi connectivity index (χ1v) is 14.5. The van der Waals surface area contributed by atoms with Gasteiger partial charge in [-0.15, -0.1) is 0 Å². The third-order valence-electron chi connectivity index (χ3n) is 6.51. The zero-order valence-electron chi connectivity index (χ0n) is 20.9. The maximum atomic E-state index is 13.5. The van der Waals surface area contributed by atoms with Crippen LogP contribution in [0, 0.1) is 19.7 Å². The van der Waals surface area contributed by atoms with Crippen LogP contribution in [0.3, 0.4) is 0 Å². The summed E-state index contributed by atoms with van der Waals surface area (Å²) in [6.45, 7) is 3.77. The first-order chi connectivity index (χ1) is 17.5. The number of pyridine rings is 3. The number of benzene rings is 1. The maximum absolute atomic E-state index is 13.5. The summed E-state index contributed by atoms with van der Waals surface area (Å²) in [4.78, 5) is 22.3. The fraction of sp³-hybridized carbons (Fsp3) is 0.250. The van der Waals surface area contributed by atoms with Crippen LogP contribution in [0.4, 0.5) is 10.1 Å². The smallest absolute Gasteiger partial charge is 0.274 e. The maximum Gasteiger partial charge on any atom is 0.274 e. The Kier molecular flexibility index (Phi) is 6.50. The van der Waals surface area contributed by atoms with E-state index in [-0.39, 0.29) is 28.2 Å². The molecule has 0 N–H and O–H groups in total. The van der Waals surface area contributed by atoms with Gasteiger partial charge in [0.2, 0.25) is 0 Å². The number of halogens is 2. The van der Waals surface area contributed by atoms with Crippen LogP contribution in [-0.4, -0.2) is 31.3 Å². The Bertz CT molecular complexity index is 1700. The minimum Gasteiger partial charge on any atom is -0.280 e. The van der Waals surface area contributed by atoms with Gasteiger partial charge in [-0.05, 0) is 79.1 Å². The number of hydrogen-bond donors (Lipinski definition) is 0. The topological polar surface area (TPSA) is 77.2 Å². The fourth-order valence-corrected chi connectivity index (χ4v) is 5.59. The van der Waals surface area contributed by atoms with Gasteiger partial charge < -0.3 is 0 Å². The van der Waals surface area contributed by atoms with Gasteiger partial charge in [-0.2, -0.15) is 4.36 Å². The molecule has 2 atom stereocenters. The Morgan fingerprint density at radius 2 is 1.78 bits per heavy atom. The lowest BCUT2D eigenvalue weighted by atomic mass is 10.0. The van der Waals surface area contributed by atoms with Crippen LogP contribution in [-0.2, 0) is 9.73 Å². The zero-order chi connectivity index (χ0) is 26.5. The molecule has 0 saturated heterocycles. The van der Waals surface area contributed by atoms with Crippen LogP contribution < -0.4 is 5.56 Å². The molecule has 3 aromatic heterocycles. The minimum atomic E-state index is -2.34. The van der Waals surface area contributed by atoms with Crippen molar-refractivity contribution in [3.8, 4) is 16.9 Å². The molecule has 6 nitrogen and oxygen atoms in total. The van der Waals surface area contributed by atoms with Crippen molar-refractivity contribution in [2.45, 2.75) is 32.1 Å². The standard InChI is InChI=1S/C28H26ClFN4O2S/c1-16-13-32-25(19-10-21(15-31-14-19)33-37(3,4)36)12-26(16)34-17(2)9-24(27(29)28(34)35)23-11-22(23)18-5-7-20(30)8-6-18/h5-10,12-15,22-23H,11H2,1-4H3/t22?,23-/m1/s1. The molecule has 0 bridgehead atoms. The molecule has 190 valence electrons. The van der Waals surface area contributed by atoms with E-state index in [0.29, 0.717) is 22.6 Å². The van der Waals surface area contributed by atoms with Crippen molar-refractivity contribution in [1.29, 1.82) is 0 Å². The van der Waals surface area contributed by atoms with Gasteiger partial charge in [0.15, 0.2) is 0 Å². The summed E-state index contributed by atoms with van der Waals surface area (Å²) in [6, 6.07) is 12.1. The molecule has 1 unspecified atom stereocenters. The second-order valence-electron chi connectivity index (χ2n) is 9.76. The van der Waals surface area contributed by atoms with E-state index in [0.717, 1.165) is 28.8 Å². The Labute approximate surface area is 220 Å². The first-order valence-electron chi connectivity index (χ1n) is 11.8. The van der Waals surface area contributed by atoms with Crippen LogP contribution in [0.5, 0.6) is 0 Å². The predicted molar refractivity (Wildman–Crippen MR) is 146 cm³/mol. The summed E-state index contributed by atoms with van der Waals surface area (Å²) in [6.07, 6.45) is 8.90. The van der Waals surface area contributed by atoms with Gasteiger partial charge in [0, 0.05) is 45.9 Å². The Hall–Kier alpha value is -3.36. The highest BCUT2D eigenvalue weighted by Gasteiger charge is 2.41. The second-order valence-corrected chi connectivity index (χ2v) is 12.7. The van der Waals surface area contributed by atoms with Crippen molar-refractivity contribution in [3.63, 3.8) is 0 Å². The molecule has 4 aromatic rings. The normalized spacial score (nSPS) is 17.0. The number of nitrogens with zero attached hydrogens (tertiary/aromatic N) is 4. The van der Waals surface area contributed by atoms with E-state index < -0.39 is 9.73 Å². The van der Waals surface area contributed by atoms with Crippen LogP contribution in [0.1, 0.15) is 40.6 Å². The SMILES string of the molecule is Cc1cnc(-c2cncc(N=S(C)(C)=O)c2)cc1-n1c(C)cc([C@@H]2CC2c2ccc(F)cc2)c(Cl)c1=O. The van der Waals surface area contributed by atoms with Gasteiger partial charge in [0.1, 0.15) is 10.8 Å². The van der Waals surface area contributed by atoms with Gasteiger partial charge in [0.05, 0.1) is 23.3 Å². The summed E-state index contributed by atoms with van der Waals surface area (Å²) in [5.74, 6) is 0.0722. The second kappa shape index (κ2) is 9.50. The summed E-state index contributed by atoms with van der Waals surface area (Å²) in [5, 5.41) is 0.195. The van der Waals surface area contributed by atoms with Crippen molar-refractivity contribution in [2.24, 2.45) is 4.36 Å². The van der Waals surface area contributed by atoms with E-state index in [1.165, 1.54) is 12.1 Å². The van der Waals surface area contributed by atoms with Gasteiger partial charge in [-0.25, -0.2) is 8.60 Å².